The molecule has 1 aromatic heterocycles. The maximum atomic E-state index is 7.18. The van der Waals surface area contributed by atoms with E-state index < -0.39 is 0 Å². The van der Waals surface area contributed by atoms with Gasteiger partial charge in [0, 0.05) is 6.07 Å². The Hall–Kier alpha value is -1.05. The highest BCUT2D eigenvalue weighted by Gasteiger charge is 2.01. The van der Waals surface area contributed by atoms with Crippen molar-refractivity contribution in [3.05, 3.63) is 24.4 Å². The lowest BCUT2D eigenvalue weighted by atomic mass is 10.5. The van der Waals surface area contributed by atoms with Crippen LogP contribution in [-0.2, 0) is 7.05 Å². The summed E-state index contributed by atoms with van der Waals surface area (Å²) in [5, 5.41) is 7.18. The molecule has 0 fully saturated rings. The van der Waals surface area contributed by atoms with E-state index in [2.05, 4.69) is 0 Å². The lowest BCUT2D eigenvalue weighted by molar-refractivity contribution is -0.677. The van der Waals surface area contributed by atoms with Gasteiger partial charge in [-0.3, -0.25) is 0 Å². The largest absolute Gasteiger partial charge is 0.545 e. The van der Waals surface area contributed by atoms with Crippen LogP contribution in [-0.4, -0.2) is 5.11 Å². The van der Waals surface area contributed by atoms with Gasteiger partial charge in [0.2, 0.25) is 0 Å². The van der Waals surface area contributed by atoms with Crippen molar-refractivity contribution in [2.24, 2.45) is 7.05 Å². The first-order chi connectivity index (χ1) is 3.80. The number of hydrogen-bond acceptors (Lipinski definition) is 0. The SMILES string of the molecule is C[n+]1ccccc1[OH2+]. The van der Waals surface area contributed by atoms with Gasteiger partial charge in [-0.15, -0.1) is 4.57 Å². The Morgan fingerprint density at radius 3 is 2.62 bits per heavy atom. The Bertz CT molecular complexity index is 165. The van der Waals surface area contributed by atoms with E-state index in [0.29, 0.717) is 5.88 Å². The Kier molecular flexibility index (Phi) is 1.16. The average molecular weight is 111 g/mol. The van der Waals surface area contributed by atoms with Gasteiger partial charge in [-0.2, -0.15) is 0 Å². The number of aryl methyl sites for hydroxylation is 1. The molecular formula is C6H9NO+2. The maximum absolute atomic E-state index is 7.18. The fourth-order valence-electron chi connectivity index (χ4n) is 0.523. The van der Waals surface area contributed by atoms with E-state index in [1.165, 1.54) is 0 Å². The molecule has 1 heterocycles. The van der Waals surface area contributed by atoms with Gasteiger partial charge in [0.25, 0.3) is 0 Å². The highest BCUT2D eigenvalue weighted by atomic mass is 16.3. The molecule has 0 unspecified atom stereocenters. The molecule has 2 nitrogen and oxygen atoms in total. The van der Waals surface area contributed by atoms with E-state index in [-0.39, 0.29) is 0 Å². The zero-order valence-corrected chi connectivity index (χ0v) is 4.76. The van der Waals surface area contributed by atoms with Crippen molar-refractivity contribution in [3.8, 4) is 5.88 Å². The van der Waals surface area contributed by atoms with Crippen LogP contribution in [0.15, 0.2) is 24.4 Å². The summed E-state index contributed by atoms with van der Waals surface area (Å²) in [7, 11) is 1.85. The number of nitrogens with zero attached hydrogens (tertiary/aromatic N) is 1. The Balaban J connectivity index is 3.13. The summed E-state index contributed by atoms with van der Waals surface area (Å²) in [4.78, 5) is 0. The average Bonchev–Trinajstić information content (AvgIpc) is 1.77. The second-order valence-corrected chi connectivity index (χ2v) is 1.70. The van der Waals surface area contributed by atoms with E-state index in [1.807, 2.05) is 25.4 Å². The molecule has 1 rings (SSSR count). The smallest absolute Gasteiger partial charge is 0.501 e. The maximum Gasteiger partial charge on any atom is 0.501 e. The highest BCUT2D eigenvalue weighted by molar-refractivity contribution is 4.99. The zero-order valence-electron chi connectivity index (χ0n) is 4.76. The van der Waals surface area contributed by atoms with Crippen molar-refractivity contribution in [3.63, 3.8) is 0 Å². The Morgan fingerprint density at radius 2 is 2.25 bits per heavy atom. The van der Waals surface area contributed by atoms with E-state index in [4.69, 9.17) is 5.11 Å². The van der Waals surface area contributed by atoms with E-state index in [1.54, 1.807) is 10.6 Å². The van der Waals surface area contributed by atoms with Crippen LogP contribution in [0.5, 0.6) is 5.88 Å². The van der Waals surface area contributed by atoms with Crippen molar-refractivity contribution < 1.29 is 9.67 Å². The lowest BCUT2D eigenvalue weighted by Gasteiger charge is -1.81. The zero-order chi connectivity index (χ0) is 5.98. The summed E-state index contributed by atoms with van der Waals surface area (Å²) in [5.74, 6) is 0.535. The molecule has 0 amide bonds. The second-order valence-electron chi connectivity index (χ2n) is 1.70. The van der Waals surface area contributed by atoms with Gasteiger partial charge in [-0.25, -0.2) is 0 Å². The van der Waals surface area contributed by atoms with Gasteiger partial charge in [-0.1, -0.05) is 0 Å². The highest BCUT2D eigenvalue weighted by Crippen LogP contribution is 1.93. The molecule has 0 aliphatic carbocycles. The first-order valence-corrected chi connectivity index (χ1v) is 2.47. The minimum Gasteiger partial charge on any atom is -0.545 e. The fraction of sp³-hybridized carbons (Fsp3) is 0.167. The minimum atomic E-state index is 0.535. The molecule has 0 aromatic carbocycles. The summed E-state index contributed by atoms with van der Waals surface area (Å²) >= 11 is 0. The fourth-order valence-corrected chi connectivity index (χ4v) is 0.523. The lowest BCUT2D eigenvalue weighted by Crippen LogP contribution is -2.26. The van der Waals surface area contributed by atoms with Gasteiger partial charge in [0.1, 0.15) is 13.1 Å². The molecule has 8 heavy (non-hydrogen) atoms. The van der Waals surface area contributed by atoms with Crippen LogP contribution in [0.4, 0.5) is 0 Å². The summed E-state index contributed by atoms with van der Waals surface area (Å²) in [6, 6.07) is 5.50. The quantitative estimate of drug-likeness (QED) is 0.331. The predicted molar refractivity (Wildman–Crippen MR) is 30.7 cm³/mol. The third kappa shape index (κ3) is 0.780. The van der Waals surface area contributed by atoms with Crippen molar-refractivity contribution in [2.45, 2.75) is 0 Å². The van der Waals surface area contributed by atoms with Crippen LogP contribution >= 0.6 is 0 Å². The molecule has 2 heteroatoms. The molecule has 0 aliphatic heterocycles. The second kappa shape index (κ2) is 1.82. The van der Waals surface area contributed by atoms with Crippen LogP contribution in [0.25, 0.3) is 0 Å². The molecule has 0 aliphatic rings. The molecule has 0 atom stereocenters. The van der Waals surface area contributed by atoms with Crippen molar-refractivity contribution in [1.29, 1.82) is 0 Å². The molecule has 0 spiro atoms. The van der Waals surface area contributed by atoms with Crippen LogP contribution < -0.4 is 4.57 Å². The molecule has 1 aromatic rings. The van der Waals surface area contributed by atoms with Crippen LogP contribution in [0.2, 0.25) is 0 Å². The standard InChI is InChI=1S/C6H7NO/c1-7-5-3-2-4-6(7)8/h2-5H,1H3/p+2. The topological polar surface area (TPSA) is 26.8 Å². The summed E-state index contributed by atoms with van der Waals surface area (Å²) in [6.07, 6.45) is 1.85. The Morgan fingerprint density at radius 1 is 1.50 bits per heavy atom. The minimum absolute atomic E-state index is 0.535. The normalized spacial score (nSPS) is 9.12. The van der Waals surface area contributed by atoms with Crippen LogP contribution in [0.3, 0.4) is 0 Å². The molecule has 42 valence electrons. The van der Waals surface area contributed by atoms with E-state index >= 15 is 0 Å². The Labute approximate surface area is 48.0 Å². The summed E-state index contributed by atoms with van der Waals surface area (Å²) in [5.41, 5.74) is 0. The van der Waals surface area contributed by atoms with E-state index in [0.717, 1.165) is 0 Å². The third-order valence-electron chi connectivity index (χ3n) is 1.05. The first-order valence-electron chi connectivity index (χ1n) is 2.47. The van der Waals surface area contributed by atoms with Gasteiger partial charge < -0.3 is 5.11 Å². The monoisotopic (exact) mass is 111 g/mol. The first kappa shape index (κ1) is 5.09. The predicted octanol–water partition coefficient (Wildman–Crippen LogP) is -0.0510. The van der Waals surface area contributed by atoms with Crippen molar-refractivity contribution in [1.82, 2.24) is 0 Å². The molecule has 0 radical (unpaired) electrons. The number of aromatic nitrogens is 1. The molecule has 0 saturated carbocycles. The molecule has 0 saturated heterocycles. The number of hydrogen-bond donors (Lipinski definition) is 0. The molecular weight excluding hydrogens is 102 g/mol. The number of rotatable bonds is 0. The summed E-state index contributed by atoms with van der Waals surface area (Å²) in [6.45, 7) is 0. The summed E-state index contributed by atoms with van der Waals surface area (Å²) < 4.78 is 1.75. The van der Waals surface area contributed by atoms with Crippen molar-refractivity contribution >= 4 is 0 Å². The molecule has 2 N–H and O–H groups in total. The number of pyridine rings is 1. The van der Waals surface area contributed by atoms with Crippen molar-refractivity contribution in [2.75, 3.05) is 0 Å². The van der Waals surface area contributed by atoms with E-state index in [9.17, 15) is 0 Å². The van der Waals surface area contributed by atoms with Gasteiger partial charge in [0.15, 0.2) is 6.20 Å². The van der Waals surface area contributed by atoms with Gasteiger partial charge in [0.05, 0.1) is 0 Å². The van der Waals surface area contributed by atoms with Crippen LogP contribution in [0, 0.1) is 0 Å². The van der Waals surface area contributed by atoms with Gasteiger partial charge >= 0.3 is 5.88 Å². The van der Waals surface area contributed by atoms with Crippen LogP contribution in [0.1, 0.15) is 0 Å². The molecule has 0 bridgehead atoms. The van der Waals surface area contributed by atoms with Gasteiger partial charge in [-0.05, 0) is 6.07 Å². The third-order valence-corrected chi connectivity index (χ3v) is 1.05.